The highest BCUT2D eigenvalue weighted by molar-refractivity contribution is 5.79. The van der Waals surface area contributed by atoms with Crippen LogP contribution in [0.25, 0.3) is 0 Å². The van der Waals surface area contributed by atoms with E-state index in [0.29, 0.717) is 23.9 Å². The molecule has 1 rings (SSSR count). The number of aliphatic hydroxyl groups excluding tert-OH is 1. The summed E-state index contributed by atoms with van der Waals surface area (Å²) in [4.78, 5) is 4.59. The second-order valence-electron chi connectivity index (χ2n) is 6.94. The van der Waals surface area contributed by atoms with E-state index in [2.05, 4.69) is 29.5 Å². The Kier molecular flexibility index (Phi) is 10.9. The summed E-state index contributed by atoms with van der Waals surface area (Å²) < 4.78 is 18.7. The minimum absolute atomic E-state index is 0.199. The lowest BCUT2D eigenvalue weighted by Gasteiger charge is -2.20. The Balaban J connectivity index is 2.71. The lowest BCUT2D eigenvalue weighted by molar-refractivity contribution is 0.181. The van der Waals surface area contributed by atoms with E-state index in [1.165, 1.54) is 6.07 Å². The molecule has 0 aliphatic heterocycles. The van der Waals surface area contributed by atoms with E-state index in [4.69, 9.17) is 4.74 Å². The van der Waals surface area contributed by atoms with Gasteiger partial charge in [0.2, 0.25) is 0 Å². The van der Waals surface area contributed by atoms with E-state index in [0.717, 1.165) is 37.5 Å². The van der Waals surface area contributed by atoms with E-state index in [1.807, 2.05) is 6.92 Å². The fourth-order valence-electron chi connectivity index (χ4n) is 2.90. The van der Waals surface area contributed by atoms with Crippen LogP contribution in [0.15, 0.2) is 23.2 Å². The maximum absolute atomic E-state index is 13.7. The summed E-state index contributed by atoms with van der Waals surface area (Å²) in [6, 6.07) is 4.99. The summed E-state index contributed by atoms with van der Waals surface area (Å²) in [5, 5.41) is 15.8. The lowest BCUT2D eigenvalue weighted by atomic mass is 9.94. The van der Waals surface area contributed by atoms with Crippen LogP contribution < -0.4 is 10.6 Å². The number of aliphatic imine (C=N–C) groups is 1. The molecule has 0 fully saturated rings. The van der Waals surface area contributed by atoms with E-state index in [1.54, 1.807) is 19.2 Å². The van der Waals surface area contributed by atoms with Gasteiger partial charge in [-0.15, -0.1) is 0 Å². The first kappa shape index (κ1) is 22.4. The summed E-state index contributed by atoms with van der Waals surface area (Å²) in [6.45, 7) is 8.84. The molecule has 3 N–H and O–H groups in total. The standard InChI is InChI=1S/C20H34FN3O2/c1-5-22-20(24-13-17(8-9-25)10-15(2)3)23-12-16-6-7-19(21)18(11-16)14-26-4/h6-7,11,15,17,25H,5,8-10,12-14H2,1-4H3,(H2,22,23,24). The average Bonchev–Trinajstić information content (AvgIpc) is 2.59. The monoisotopic (exact) mass is 367 g/mol. The molecule has 0 aliphatic rings. The van der Waals surface area contributed by atoms with Crippen molar-refractivity contribution in [2.45, 2.75) is 46.8 Å². The summed E-state index contributed by atoms with van der Waals surface area (Å²) in [7, 11) is 1.55. The van der Waals surface area contributed by atoms with Crippen LogP contribution in [0.3, 0.4) is 0 Å². The molecule has 0 spiro atoms. The fourth-order valence-corrected chi connectivity index (χ4v) is 2.90. The molecule has 1 aromatic carbocycles. The minimum Gasteiger partial charge on any atom is -0.396 e. The fraction of sp³-hybridized carbons (Fsp3) is 0.650. The van der Waals surface area contributed by atoms with Gasteiger partial charge in [0.05, 0.1) is 13.2 Å². The first-order chi connectivity index (χ1) is 12.5. The van der Waals surface area contributed by atoms with Crippen molar-refractivity contribution in [2.24, 2.45) is 16.8 Å². The van der Waals surface area contributed by atoms with E-state index in [-0.39, 0.29) is 19.0 Å². The summed E-state index contributed by atoms with van der Waals surface area (Å²) >= 11 is 0. The van der Waals surface area contributed by atoms with Crippen LogP contribution in [0, 0.1) is 17.7 Å². The third-order valence-corrected chi connectivity index (χ3v) is 4.07. The van der Waals surface area contributed by atoms with Crippen molar-refractivity contribution >= 4 is 5.96 Å². The van der Waals surface area contributed by atoms with Crippen LogP contribution in [-0.2, 0) is 17.9 Å². The molecule has 0 radical (unpaired) electrons. The molecular weight excluding hydrogens is 333 g/mol. The molecule has 0 bridgehead atoms. The number of benzene rings is 1. The number of methoxy groups -OCH3 is 1. The first-order valence-corrected chi connectivity index (χ1v) is 9.39. The SMILES string of the molecule is CCNC(=NCc1ccc(F)c(COC)c1)NCC(CCO)CC(C)C. The molecule has 1 unspecified atom stereocenters. The van der Waals surface area contributed by atoms with E-state index < -0.39 is 0 Å². The topological polar surface area (TPSA) is 65.9 Å². The van der Waals surface area contributed by atoms with E-state index >= 15 is 0 Å². The number of nitrogens with one attached hydrogen (secondary N) is 2. The normalized spacial score (nSPS) is 13.1. The summed E-state index contributed by atoms with van der Waals surface area (Å²) in [5.74, 6) is 1.47. The Bertz CT molecular complexity index is 550. The Morgan fingerprint density at radius 2 is 2.08 bits per heavy atom. The van der Waals surface area contributed by atoms with Gasteiger partial charge >= 0.3 is 0 Å². The molecule has 0 heterocycles. The minimum atomic E-state index is -0.259. The summed E-state index contributed by atoms with van der Waals surface area (Å²) in [5.41, 5.74) is 1.47. The molecule has 0 saturated heterocycles. The maximum atomic E-state index is 13.7. The molecule has 0 saturated carbocycles. The number of rotatable bonds is 11. The predicted octanol–water partition coefficient (Wildman–Crippen LogP) is 3.07. The van der Waals surface area contributed by atoms with Gasteiger partial charge in [0.1, 0.15) is 5.82 Å². The molecule has 0 amide bonds. The molecule has 5 nitrogen and oxygen atoms in total. The molecule has 6 heteroatoms. The van der Waals surface area contributed by atoms with Crippen LogP contribution in [-0.4, -0.2) is 37.9 Å². The van der Waals surface area contributed by atoms with Crippen molar-refractivity contribution in [3.05, 3.63) is 35.1 Å². The smallest absolute Gasteiger partial charge is 0.191 e. The van der Waals surface area contributed by atoms with Gasteiger partial charge in [0, 0.05) is 32.4 Å². The number of ether oxygens (including phenoxy) is 1. The van der Waals surface area contributed by atoms with Gasteiger partial charge in [-0.25, -0.2) is 9.38 Å². The van der Waals surface area contributed by atoms with Gasteiger partial charge in [-0.2, -0.15) is 0 Å². The van der Waals surface area contributed by atoms with Crippen molar-refractivity contribution in [3.8, 4) is 0 Å². The van der Waals surface area contributed by atoms with Crippen LogP contribution in [0.4, 0.5) is 4.39 Å². The molecular formula is C20H34FN3O2. The van der Waals surface area contributed by atoms with Gasteiger partial charge in [-0.1, -0.05) is 19.9 Å². The molecule has 0 aliphatic carbocycles. The molecule has 1 atom stereocenters. The zero-order valence-electron chi connectivity index (χ0n) is 16.5. The van der Waals surface area contributed by atoms with Crippen LogP contribution >= 0.6 is 0 Å². The second-order valence-corrected chi connectivity index (χ2v) is 6.94. The summed E-state index contributed by atoms with van der Waals surface area (Å²) in [6.07, 6.45) is 1.84. The largest absolute Gasteiger partial charge is 0.396 e. The highest BCUT2D eigenvalue weighted by Gasteiger charge is 2.11. The van der Waals surface area contributed by atoms with Crippen molar-refractivity contribution in [1.82, 2.24) is 10.6 Å². The Labute approximate surface area is 157 Å². The van der Waals surface area contributed by atoms with Gasteiger partial charge in [0.25, 0.3) is 0 Å². The Morgan fingerprint density at radius 1 is 1.31 bits per heavy atom. The number of aliphatic hydroxyl groups is 1. The van der Waals surface area contributed by atoms with Crippen LogP contribution in [0.5, 0.6) is 0 Å². The van der Waals surface area contributed by atoms with Crippen molar-refractivity contribution < 1.29 is 14.2 Å². The Hall–Kier alpha value is -1.66. The second kappa shape index (κ2) is 12.7. The number of nitrogens with zero attached hydrogens (tertiary/aromatic N) is 1. The van der Waals surface area contributed by atoms with Crippen LogP contribution in [0.1, 0.15) is 44.7 Å². The zero-order chi connectivity index (χ0) is 19.4. The Morgan fingerprint density at radius 3 is 2.69 bits per heavy atom. The van der Waals surface area contributed by atoms with Crippen molar-refractivity contribution in [2.75, 3.05) is 26.8 Å². The zero-order valence-corrected chi connectivity index (χ0v) is 16.5. The van der Waals surface area contributed by atoms with Crippen LogP contribution in [0.2, 0.25) is 0 Å². The predicted molar refractivity (Wildman–Crippen MR) is 105 cm³/mol. The van der Waals surface area contributed by atoms with E-state index in [9.17, 15) is 9.50 Å². The average molecular weight is 368 g/mol. The maximum Gasteiger partial charge on any atom is 0.191 e. The number of halogens is 1. The number of hydrogen-bond donors (Lipinski definition) is 3. The highest BCUT2D eigenvalue weighted by atomic mass is 19.1. The quantitative estimate of drug-likeness (QED) is 0.415. The highest BCUT2D eigenvalue weighted by Crippen LogP contribution is 2.15. The molecule has 1 aromatic rings. The third kappa shape index (κ3) is 8.63. The van der Waals surface area contributed by atoms with Gasteiger partial charge < -0.3 is 20.5 Å². The lowest BCUT2D eigenvalue weighted by Crippen LogP contribution is -2.40. The third-order valence-electron chi connectivity index (χ3n) is 4.07. The van der Waals surface area contributed by atoms with Crippen molar-refractivity contribution in [3.63, 3.8) is 0 Å². The number of hydrogen-bond acceptors (Lipinski definition) is 3. The van der Waals surface area contributed by atoms with Gasteiger partial charge in [0.15, 0.2) is 5.96 Å². The van der Waals surface area contributed by atoms with Crippen molar-refractivity contribution in [1.29, 1.82) is 0 Å². The first-order valence-electron chi connectivity index (χ1n) is 9.39. The van der Waals surface area contributed by atoms with Gasteiger partial charge in [-0.05, 0) is 49.3 Å². The number of guanidine groups is 1. The molecule has 148 valence electrons. The van der Waals surface area contributed by atoms with Gasteiger partial charge in [-0.3, -0.25) is 0 Å². The molecule has 26 heavy (non-hydrogen) atoms. The molecule has 0 aromatic heterocycles.